The van der Waals surface area contributed by atoms with Crippen LogP contribution in [0.2, 0.25) is 0 Å². The third-order valence-electron chi connectivity index (χ3n) is 4.63. The minimum Gasteiger partial charge on any atom is -0.390 e. The molecule has 0 aliphatic heterocycles. The van der Waals surface area contributed by atoms with E-state index in [4.69, 9.17) is 0 Å². The summed E-state index contributed by atoms with van der Waals surface area (Å²) in [5, 5.41) is 10.8. The van der Waals surface area contributed by atoms with Gasteiger partial charge >= 0.3 is 0 Å². The summed E-state index contributed by atoms with van der Waals surface area (Å²) in [5.41, 5.74) is 2.16. The fraction of sp³-hybridized carbons (Fsp3) is 0.647. The summed E-state index contributed by atoms with van der Waals surface area (Å²) in [6.07, 6.45) is 7.71. The lowest BCUT2D eigenvalue weighted by Crippen LogP contribution is -2.31. The van der Waals surface area contributed by atoms with E-state index in [1.54, 1.807) is 0 Å². The van der Waals surface area contributed by atoms with E-state index in [1.807, 2.05) is 0 Å². The third-order valence-corrected chi connectivity index (χ3v) is 4.63. The van der Waals surface area contributed by atoms with E-state index in [0.29, 0.717) is 0 Å². The van der Waals surface area contributed by atoms with Crippen molar-refractivity contribution in [3.63, 3.8) is 0 Å². The molecule has 0 bridgehead atoms. The molecule has 1 fully saturated rings. The Bertz CT molecular complexity index is 385. The lowest BCUT2D eigenvalue weighted by molar-refractivity contribution is 0.0240. The second-order valence-electron chi connectivity index (χ2n) is 6.03. The van der Waals surface area contributed by atoms with Crippen molar-refractivity contribution >= 4 is 0 Å². The Balaban J connectivity index is 2.05. The van der Waals surface area contributed by atoms with Crippen LogP contribution in [-0.2, 0) is 6.42 Å². The zero-order valence-corrected chi connectivity index (χ0v) is 11.8. The van der Waals surface area contributed by atoms with Crippen molar-refractivity contribution in [3.05, 3.63) is 35.4 Å². The maximum absolute atomic E-state index is 10.8. The summed E-state index contributed by atoms with van der Waals surface area (Å²) >= 11 is 0. The van der Waals surface area contributed by atoms with Gasteiger partial charge in [0, 0.05) is 6.42 Å². The number of hydrogen-bond acceptors (Lipinski definition) is 1. The summed E-state index contributed by atoms with van der Waals surface area (Å²) < 4.78 is 0. The molecule has 0 heterocycles. The molecule has 1 N–H and O–H groups in total. The van der Waals surface area contributed by atoms with E-state index in [1.165, 1.54) is 36.8 Å². The Morgan fingerprint density at radius 2 is 2.00 bits per heavy atom. The highest BCUT2D eigenvalue weighted by atomic mass is 16.3. The quantitative estimate of drug-likeness (QED) is 0.790. The Labute approximate surface area is 111 Å². The average molecular weight is 246 g/mol. The third kappa shape index (κ3) is 3.35. The Morgan fingerprint density at radius 3 is 2.72 bits per heavy atom. The first-order valence-electron chi connectivity index (χ1n) is 7.40. The number of benzene rings is 1. The van der Waals surface area contributed by atoms with Crippen LogP contribution in [0.1, 0.15) is 56.6 Å². The molecule has 1 aromatic rings. The van der Waals surface area contributed by atoms with Gasteiger partial charge in [0.25, 0.3) is 0 Å². The topological polar surface area (TPSA) is 20.2 Å². The van der Waals surface area contributed by atoms with Crippen LogP contribution in [0.15, 0.2) is 24.3 Å². The largest absolute Gasteiger partial charge is 0.390 e. The van der Waals surface area contributed by atoms with Gasteiger partial charge in [0.05, 0.1) is 5.60 Å². The van der Waals surface area contributed by atoms with Gasteiger partial charge in [-0.05, 0) is 43.2 Å². The van der Waals surface area contributed by atoms with Crippen LogP contribution in [-0.4, -0.2) is 10.7 Å². The van der Waals surface area contributed by atoms with Crippen molar-refractivity contribution in [2.75, 3.05) is 0 Å². The zero-order chi connectivity index (χ0) is 13.0. The van der Waals surface area contributed by atoms with E-state index in [9.17, 15) is 5.11 Å². The Morgan fingerprint density at radius 1 is 1.22 bits per heavy atom. The number of aliphatic hydroxyl groups is 1. The Hall–Kier alpha value is -0.820. The fourth-order valence-corrected chi connectivity index (χ4v) is 3.21. The van der Waals surface area contributed by atoms with Crippen LogP contribution in [0, 0.1) is 12.8 Å². The van der Waals surface area contributed by atoms with Gasteiger partial charge < -0.3 is 5.11 Å². The van der Waals surface area contributed by atoms with Crippen LogP contribution in [0.4, 0.5) is 0 Å². The predicted molar refractivity (Wildman–Crippen MR) is 76.7 cm³/mol. The highest BCUT2D eigenvalue weighted by Crippen LogP contribution is 2.34. The molecular weight excluding hydrogens is 220 g/mol. The molecule has 1 heteroatoms. The fourth-order valence-electron chi connectivity index (χ4n) is 3.21. The molecule has 1 saturated carbocycles. The molecule has 2 atom stereocenters. The van der Waals surface area contributed by atoms with Crippen LogP contribution < -0.4 is 0 Å². The van der Waals surface area contributed by atoms with E-state index in [2.05, 4.69) is 38.1 Å². The van der Waals surface area contributed by atoms with Crippen LogP contribution >= 0.6 is 0 Å². The summed E-state index contributed by atoms with van der Waals surface area (Å²) in [5.74, 6) is 0.830. The minimum atomic E-state index is -0.462. The van der Waals surface area contributed by atoms with E-state index >= 15 is 0 Å². The smallest absolute Gasteiger partial charge is 0.0688 e. The highest BCUT2D eigenvalue weighted by molar-refractivity contribution is 5.27. The molecule has 2 unspecified atom stereocenters. The van der Waals surface area contributed by atoms with Gasteiger partial charge in [-0.25, -0.2) is 0 Å². The van der Waals surface area contributed by atoms with Gasteiger partial charge in [-0.2, -0.15) is 0 Å². The van der Waals surface area contributed by atoms with Gasteiger partial charge in [-0.1, -0.05) is 50.5 Å². The molecule has 1 aliphatic carbocycles. The minimum absolute atomic E-state index is 0.462. The lowest BCUT2D eigenvalue weighted by Gasteiger charge is -2.27. The van der Waals surface area contributed by atoms with Gasteiger partial charge in [0.1, 0.15) is 0 Å². The second-order valence-corrected chi connectivity index (χ2v) is 6.03. The summed E-state index contributed by atoms with van der Waals surface area (Å²) in [4.78, 5) is 0. The molecule has 0 amide bonds. The second kappa shape index (κ2) is 5.88. The Kier molecular flexibility index (Phi) is 4.45. The molecule has 2 rings (SSSR count). The molecule has 100 valence electrons. The molecule has 0 saturated heterocycles. The lowest BCUT2D eigenvalue weighted by atomic mass is 9.85. The van der Waals surface area contributed by atoms with Crippen molar-refractivity contribution in [2.45, 2.75) is 64.4 Å². The standard InChI is InChI=1S/C17H26O/c1-3-15-8-6-11-17(18,12-10-15)13-16-9-5-4-7-14(16)2/h4-5,7,9,15,18H,3,6,8,10-13H2,1-2H3. The van der Waals surface area contributed by atoms with Crippen molar-refractivity contribution in [1.82, 2.24) is 0 Å². The molecular formula is C17H26O. The van der Waals surface area contributed by atoms with E-state index < -0.39 is 5.60 Å². The summed E-state index contributed by atoms with van der Waals surface area (Å²) in [6.45, 7) is 4.42. The molecule has 18 heavy (non-hydrogen) atoms. The van der Waals surface area contributed by atoms with Crippen molar-refractivity contribution < 1.29 is 5.11 Å². The molecule has 0 aromatic heterocycles. The SMILES string of the molecule is CCC1CCCC(O)(Cc2ccccc2C)CC1. The first-order valence-corrected chi connectivity index (χ1v) is 7.40. The maximum atomic E-state index is 10.8. The number of rotatable bonds is 3. The van der Waals surface area contributed by atoms with Crippen LogP contribution in [0.5, 0.6) is 0 Å². The summed E-state index contributed by atoms with van der Waals surface area (Å²) in [6, 6.07) is 8.46. The first-order chi connectivity index (χ1) is 8.63. The highest BCUT2D eigenvalue weighted by Gasteiger charge is 2.30. The zero-order valence-electron chi connectivity index (χ0n) is 11.8. The number of aryl methyl sites for hydroxylation is 1. The van der Waals surface area contributed by atoms with Crippen LogP contribution in [0.25, 0.3) is 0 Å². The molecule has 1 aliphatic rings. The average Bonchev–Trinajstić information content (AvgIpc) is 2.54. The number of hydrogen-bond donors (Lipinski definition) is 1. The molecule has 1 nitrogen and oxygen atoms in total. The summed E-state index contributed by atoms with van der Waals surface area (Å²) in [7, 11) is 0. The van der Waals surface area contributed by atoms with E-state index in [0.717, 1.165) is 25.2 Å². The van der Waals surface area contributed by atoms with E-state index in [-0.39, 0.29) is 0 Å². The van der Waals surface area contributed by atoms with Crippen molar-refractivity contribution in [2.24, 2.45) is 5.92 Å². The monoisotopic (exact) mass is 246 g/mol. The first kappa shape index (κ1) is 13.6. The van der Waals surface area contributed by atoms with Gasteiger partial charge in [0.2, 0.25) is 0 Å². The van der Waals surface area contributed by atoms with Gasteiger partial charge in [0.15, 0.2) is 0 Å². The molecule has 0 spiro atoms. The van der Waals surface area contributed by atoms with Crippen LogP contribution in [0.3, 0.4) is 0 Å². The van der Waals surface area contributed by atoms with Crippen molar-refractivity contribution in [1.29, 1.82) is 0 Å². The normalized spacial score (nSPS) is 28.9. The van der Waals surface area contributed by atoms with Gasteiger partial charge in [-0.15, -0.1) is 0 Å². The maximum Gasteiger partial charge on any atom is 0.0688 e. The molecule has 0 radical (unpaired) electrons. The molecule has 1 aromatic carbocycles. The van der Waals surface area contributed by atoms with Crippen molar-refractivity contribution in [3.8, 4) is 0 Å². The predicted octanol–water partition coefficient (Wildman–Crippen LogP) is 4.26. The van der Waals surface area contributed by atoms with Gasteiger partial charge in [-0.3, -0.25) is 0 Å².